The average molecular weight is 340 g/mol. The Balaban J connectivity index is 2.14. The SMILES string of the molecule is CCCCn1c(NC(=O)c2cccs2)c(C(C)=O)c2ccccc21. The summed E-state index contributed by atoms with van der Waals surface area (Å²) in [6, 6.07) is 11.4. The van der Waals surface area contributed by atoms with Crippen molar-refractivity contribution in [1.29, 1.82) is 0 Å². The normalized spacial score (nSPS) is 10.9. The number of ketones is 1. The fraction of sp³-hybridized carbons (Fsp3) is 0.263. The number of aromatic nitrogens is 1. The van der Waals surface area contributed by atoms with Gasteiger partial charge in [0.2, 0.25) is 0 Å². The van der Waals surface area contributed by atoms with E-state index in [1.807, 2.05) is 35.7 Å². The number of nitrogens with one attached hydrogen (secondary N) is 1. The maximum Gasteiger partial charge on any atom is 0.266 e. The van der Waals surface area contributed by atoms with Crippen molar-refractivity contribution >= 4 is 39.7 Å². The van der Waals surface area contributed by atoms with Gasteiger partial charge in [-0.2, -0.15) is 0 Å². The topological polar surface area (TPSA) is 51.1 Å². The van der Waals surface area contributed by atoms with Gasteiger partial charge in [-0.3, -0.25) is 9.59 Å². The van der Waals surface area contributed by atoms with Crippen molar-refractivity contribution in [1.82, 2.24) is 4.57 Å². The summed E-state index contributed by atoms with van der Waals surface area (Å²) in [7, 11) is 0. The molecule has 4 nitrogen and oxygen atoms in total. The zero-order valence-electron chi connectivity index (χ0n) is 13.8. The fourth-order valence-electron chi connectivity index (χ4n) is 2.92. The van der Waals surface area contributed by atoms with Crippen molar-refractivity contribution in [3.8, 4) is 0 Å². The van der Waals surface area contributed by atoms with Gasteiger partial charge in [0, 0.05) is 11.9 Å². The molecule has 0 saturated carbocycles. The highest BCUT2D eigenvalue weighted by atomic mass is 32.1. The average Bonchev–Trinajstić information content (AvgIpc) is 3.19. The molecule has 0 radical (unpaired) electrons. The molecule has 0 aliphatic carbocycles. The van der Waals surface area contributed by atoms with Crippen LogP contribution in [0.15, 0.2) is 41.8 Å². The summed E-state index contributed by atoms with van der Waals surface area (Å²) in [6.45, 7) is 4.44. The van der Waals surface area contributed by atoms with Crippen LogP contribution in [0.5, 0.6) is 0 Å². The molecule has 124 valence electrons. The Morgan fingerprint density at radius 3 is 2.62 bits per heavy atom. The van der Waals surface area contributed by atoms with Crippen molar-refractivity contribution in [3.63, 3.8) is 0 Å². The van der Waals surface area contributed by atoms with E-state index in [4.69, 9.17) is 0 Å². The number of Topliss-reactive ketones (excluding diaryl/α,β-unsaturated/α-hetero) is 1. The highest BCUT2D eigenvalue weighted by Crippen LogP contribution is 2.32. The molecule has 0 aliphatic heterocycles. The van der Waals surface area contributed by atoms with E-state index in [0.29, 0.717) is 16.3 Å². The van der Waals surface area contributed by atoms with E-state index < -0.39 is 0 Å². The van der Waals surface area contributed by atoms with E-state index in [-0.39, 0.29) is 11.7 Å². The van der Waals surface area contributed by atoms with Gasteiger partial charge in [0.05, 0.1) is 16.0 Å². The van der Waals surface area contributed by atoms with E-state index >= 15 is 0 Å². The smallest absolute Gasteiger partial charge is 0.266 e. The minimum absolute atomic E-state index is 0.0390. The van der Waals surface area contributed by atoms with Crippen LogP contribution >= 0.6 is 11.3 Å². The van der Waals surface area contributed by atoms with E-state index in [2.05, 4.69) is 16.8 Å². The number of hydrogen-bond acceptors (Lipinski definition) is 3. The molecule has 1 amide bonds. The number of aryl methyl sites for hydroxylation is 1. The summed E-state index contributed by atoms with van der Waals surface area (Å²) in [5.41, 5.74) is 1.57. The number of hydrogen-bond donors (Lipinski definition) is 1. The molecular weight excluding hydrogens is 320 g/mol. The summed E-state index contributed by atoms with van der Waals surface area (Å²) < 4.78 is 2.06. The summed E-state index contributed by atoms with van der Waals surface area (Å²) in [5, 5.41) is 5.73. The molecule has 0 bridgehead atoms. The number of fused-ring (bicyclic) bond motifs is 1. The van der Waals surface area contributed by atoms with Crippen molar-refractivity contribution in [2.75, 3.05) is 5.32 Å². The van der Waals surface area contributed by atoms with Crippen LogP contribution in [0.25, 0.3) is 10.9 Å². The van der Waals surface area contributed by atoms with Gasteiger partial charge in [-0.05, 0) is 30.9 Å². The molecule has 0 atom stereocenters. The first-order chi connectivity index (χ1) is 11.6. The number of rotatable bonds is 6. The summed E-state index contributed by atoms with van der Waals surface area (Å²) >= 11 is 1.39. The molecule has 0 fully saturated rings. The number of anilines is 1. The van der Waals surface area contributed by atoms with Crippen LogP contribution in [0, 0.1) is 0 Å². The van der Waals surface area contributed by atoms with Crippen molar-refractivity contribution in [2.24, 2.45) is 0 Å². The maximum atomic E-state index is 12.5. The largest absolute Gasteiger partial charge is 0.327 e. The Hall–Kier alpha value is -2.40. The second-order valence-electron chi connectivity index (χ2n) is 5.73. The molecule has 24 heavy (non-hydrogen) atoms. The number of nitrogens with zero attached hydrogens (tertiary/aromatic N) is 1. The molecule has 2 aromatic heterocycles. The van der Waals surface area contributed by atoms with Crippen molar-refractivity contribution < 1.29 is 9.59 Å². The lowest BCUT2D eigenvalue weighted by molar-refractivity contribution is 0.102. The Morgan fingerprint density at radius 1 is 1.17 bits per heavy atom. The summed E-state index contributed by atoms with van der Waals surface area (Å²) in [4.78, 5) is 25.4. The lowest BCUT2D eigenvalue weighted by atomic mass is 10.1. The van der Waals surface area contributed by atoms with Crippen LogP contribution < -0.4 is 5.32 Å². The molecule has 5 heteroatoms. The van der Waals surface area contributed by atoms with Gasteiger partial charge < -0.3 is 9.88 Å². The first-order valence-electron chi connectivity index (χ1n) is 8.10. The molecule has 1 aromatic carbocycles. The van der Waals surface area contributed by atoms with E-state index in [0.717, 1.165) is 30.3 Å². The van der Waals surface area contributed by atoms with Gasteiger partial charge in [-0.25, -0.2) is 0 Å². The molecule has 0 saturated heterocycles. The van der Waals surface area contributed by atoms with Crippen LogP contribution in [-0.4, -0.2) is 16.3 Å². The number of benzene rings is 1. The highest BCUT2D eigenvalue weighted by Gasteiger charge is 2.22. The number of para-hydroxylation sites is 1. The predicted octanol–water partition coefficient (Wildman–Crippen LogP) is 4.96. The number of carbonyl (C=O) groups excluding carboxylic acids is 2. The van der Waals surface area contributed by atoms with Crippen LogP contribution in [0.4, 0.5) is 5.82 Å². The van der Waals surface area contributed by atoms with Crippen LogP contribution in [0.2, 0.25) is 0 Å². The second-order valence-corrected chi connectivity index (χ2v) is 6.68. The summed E-state index contributed by atoms with van der Waals surface area (Å²) in [6.07, 6.45) is 2.03. The number of carbonyl (C=O) groups is 2. The fourth-order valence-corrected chi connectivity index (χ4v) is 3.53. The van der Waals surface area contributed by atoms with Gasteiger partial charge >= 0.3 is 0 Å². The van der Waals surface area contributed by atoms with Crippen LogP contribution in [0.1, 0.15) is 46.7 Å². The third-order valence-electron chi connectivity index (χ3n) is 4.04. The van der Waals surface area contributed by atoms with Crippen LogP contribution in [-0.2, 0) is 6.54 Å². The quantitative estimate of drug-likeness (QED) is 0.645. The standard InChI is InChI=1S/C19H20N2O2S/c1-3-4-11-21-15-9-6-5-8-14(15)17(13(2)22)18(21)20-19(23)16-10-7-12-24-16/h5-10,12H,3-4,11H2,1-2H3,(H,20,23). The third kappa shape index (κ3) is 2.99. The van der Waals surface area contributed by atoms with E-state index in [1.165, 1.54) is 11.3 Å². The van der Waals surface area contributed by atoms with Gasteiger partial charge in [0.15, 0.2) is 5.78 Å². The Labute approximate surface area is 145 Å². The number of unbranched alkanes of at least 4 members (excludes halogenated alkanes) is 1. The van der Waals surface area contributed by atoms with Crippen molar-refractivity contribution in [2.45, 2.75) is 33.2 Å². The summed E-state index contributed by atoms with van der Waals surface area (Å²) in [5.74, 6) is 0.395. The van der Waals surface area contributed by atoms with Crippen molar-refractivity contribution in [3.05, 3.63) is 52.2 Å². The van der Waals surface area contributed by atoms with E-state index in [1.54, 1.807) is 13.0 Å². The lowest BCUT2D eigenvalue weighted by Crippen LogP contribution is -2.16. The first-order valence-corrected chi connectivity index (χ1v) is 8.98. The maximum absolute atomic E-state index is 12.5. The van der Waals surface area contributed by atoms with Gasteiger partial charge in [0.1, 0.15) is 5.82 Å². The van der Waals surface area contributed by atoms with Crippen LogP contribution in [0.3, 0.4) is 0 Å². The molecule has 3 rings (SSSR count). The molecule has 0 spiro atoms. The number of amides is 1. The molecule has 1 N–H and O–H groups in total. The molecule has 3 aromatic rings. The third-order valence-corrected chi connectivity index (χ3v) is 4.90. The molecule has 2 heterocycles. The monoisotopic (exact) mass is 340 g/mol. The molecule has 0 aliphatic rings. The van der Waals surface area contributed by atoms with E-state index in [9.17, 15) is 9.59 Å². The predicted molar refractivity (Wildman–Crippen MR) is 99.1 cm³/mol. The second kappa shape index (κ2) is 7.01. The van der Waals surface area contributed by atoms with Gasteiger partial charge in [0.25, 0.3) is 5.91 Å². The van der Waals surface area contributed by atoms with Gasteiger partial charge in [-0.15, -0.1) is 11.3 Å². The molecular formula is C19H20N2O2S. The minimum Gasteiger partial charge on any atom is -0.327 e. The minimum atomic E-state index is -0.173. The zero-order chi connectivity index (χ0) is 17.1. The zero-order valence-corrected chi connectivity index (χ0v) is 14.7. The van der Waals surface area contributed by atoms with Gasteiger partial charge in [-0.1, -0.05) is 37.6 Å². The highest BCUT2D eigenvalue weighted by molar-refractivity contribution is 7.12. The Kier molecular flexibility index (Phi) is 4.81. The Morgan fingerprint density at radius 2 is 1.96 bits per heavy atom. The molecule has 0 unspecified atom stereocenters. The lowest BCUT2D eigenvalue weighted by Gasteiger charge is -2.12. The first kappa shape index (κ1) is 16.5. The number of thiophene rings is 1. The Bertz CT molecular complexity index is 878.